The number of hydrogen-bond donors (Lipinski definition) is 0. The quantitative estimate of drug-likeness (QED) is 0.309. The van der Waals surface area contributed by atoms with Crippen LogP contribution in [0.15, 0.2) is 0 Å². The fourth-order valence-electron chi connectivity index (χ4n) is 2.77. The average molecular weight is 393 g/mol. The van der Waals surface area contributed by atoms with Gasteiger partial charge >= 0.3 is 18.0 Å². The second kappa shape index (κ2) is 15.6. The summed E-state index contributed by atoms with van der Waals surface area (Å²) in [7, 11) is 3.06. The SMILES string of the molecule is COc1nc(CCCCCCCCCCCCOC(=O)CC#N)nc(OC)n1. The van der Waals surface area contributed by atoms with Gasteiger partial charge in [0.05, 0.1) is 26.9 Å². The van der Waals surface area contributed by atoms with Crippen LogP contribution in [0.3, 0.4) is 0 Å². The predicted octanol–water partition coefficient (Wildman–Crippen LogP) is 3.79. The first kappa shape index (κ1) is 23.6. The highest BCUT2D eigenvalue weighted by molar-refractivity contribution is 5.71. The maximum atomic E-state index is 11.0. The molecular weight excluding hydrogens is 360 g/mol. The molecule has 0 atom stereocenters. The number of unbranched alkanes of at least 4 members (excludes halogenated alkanes) is 9. The van der Waals surface area contributed by atoms with Crippen LogP contribution in [-0.2, 0) is 16.0 Å². The lowest BCUT2D eigenvalue weighted by molar-refractivity contribution is -0.142. The molecule has 0 N–H and O–H groups in total. The number of aryl methyl sites for hydroxylation is 1. The molecule has 8 heteroatoms. The number of esters is 1. The van der Waals surface area contributed by atoms with Crippen LogP contribution in [-0.4, -0.2) is 41.7 Å². The van der Waals surface area contributed by atoms with E-state index in [0.717, 1.165) is 32.1 Å². The van der Waals surface area contributed by atoms with Gasteiger partial charge in [-0.3, -0.25) is 4.79 Å². The van der Waals surface area contributed by atoms with Gasteiger partial charge in [-0.25, -0.2) is 0 Å². The van der Waals surface area contributed by atoms with Gasteiger partial charge < -0.3 is 14.2 Å². The number of aromatic nitrogens is 3. The Kier molecular flexibility index (Phi) is 13.2. The van der Waals surface area contributed by atoms with Crippen LogP contribution < -0.4 is 9.47 Å². The Bertz CT molecular complexity index is 582. The van der Waals surface area contributed by atoms with Gasteiger partial charge in [0.25, 0.3) is 0 Å². The highest BCUT2D eigenvalue weighted by atomic mass is 16.5. The molecule has 0 saturated carbocycles. The van der Waals surface area contributed by atoms with Gasteiger partial charge in [-0.2, -0.15) is 15.2 Å². The third-order valence-corrected chi connectivity index (χ3v) is 4.29. The van der Waals surface area contributed by atoms with Gasteiger partial charge in [0.2, 0.25) is 0 Å². The van der Waals surface area contributed by atoms with Gasteiger partial charge in [0.15, 0.2) is 0 Å². The predicted molar refractivity (Wildman–Crippen MR) is 104 cm³/mol. The maximum Gasteiger partial charge on any atom is 0.322 e. The Morgan fingerprint density at radius 2 is 1.32 bits per heavy atom. The van der Waals surface area contributed by atoms with E-state index >= 15 is 0 Å². The number of ether oxygens (including phenoxy) is 3. The summed E-state index contributed by atoms with van der Waals surface area (Å²) in [5, 5.41) is 8.35. The normalized spacial score (nSPS) is 10.3. The first-order valence-electron chi connectivity index (χ1n) is 10.0. The van der Waals surface area contributed by atoms with Crippen LogP contribution in [0, 0.1) is 11.3 Å². The summed E-state index contributed by atoms with van der Waals surface area (Å²) in [6.07, 6.45) is 12.1. The topological polar surface area (TPSA) is 107 Å². The first-order valence-corrected chi connectivity index (χ1v) is 10.0. The third-order valence-electron chi connectivity index (χ3n) is 4.29. The molecule has 8 nitrogen and oxygen atoms in total. The number of nitriles is 1. The van der Waals surface area contributed by atoms with E-state index in [-0.39, 0.29) is 6.42 Å². The van der Waals surface area contributed by atoms with E-state index in [1.165, 1.54) is 52.7 Å². The highest BCUT2D eigenvalue weighted by Crippen LogP contribution is 2.14. The fraction of sp³-hybridized carbons (Fsp3) is 0.750. The average Bonchev–Trinajstić information content (AvgIpc) is 2.71. The van der Waals surface area contributed by atoms with Crippen molar-refractivity contribution >= 4 is 5.97 Å². The number of rotatable bonds is 16. The van der Waals surface area contributed by atoms with E-state index in [4.69, 9.17) is 19.5 Å². The van der Waals surface area contributed by atoms with Crippen molar-refractivity contribution in [3.05, 3.63) is 5.82 Å². The monoisotopic (exact) mass is 392 g/mol. The van der Waals surface area contributed by atoms with Gasteiger partial charge in [-0.15, -0.1) is 4.98 Å². The molecule has 0 aliphatic rings. The van der Waals surface area contributed by atoms with Crippen LogP contribution in [0.4, 0.5) is 0 Å². The van der Waals surface area contributed by atoms with Crippen molar-refractivity contribution in [3.8, 4) is 18.1 Å². The van der Waals surface area contributed by atoms with E-state index < -0.39 is 5.97 Å². The molecule has 1 aromatic heterocycles. The molecule has 0 saturated heterocycles. The Labute approximate surface area is 167 Å². The molecule has 0 radical (unpaired) electrons. The molecule has 0 unspecified atom stereocenters. The van der Waals surface area contributed by atoms with Crippen LogP contribution in [0.5, 0.6) is 12.0 Å². The second-order valence-electron chi connectivity index (χ2n) is 6.57. The molecule has 1 aromatic rings. The molecule has 0 aliphatic carbocycles. The smallest absolute Gasteiger partial charge is 0.322 e. The molecule has 1 heterocycles. The molecule has 28 heavy (non-hydrogen) atoms. The van der Waals surface area contributed by atoms with Gasteiger partial charge in [0.1, 0.15) is 12.2 Å². The van der Waals surface area contributed by atoms with E-state index in [1.807, 2.05) is 0 Å². The van der Waals surface area contributed by atoms with Crippen molar-refractivity contribution in [2.24, 2.45) is 0 Å². The number of hydrogen-bond acceptors (Lipinski definition) is 8. The van der Waals surface area contributed by atoms with Crippen molar-refractivity contribution in [2.45, 2.75) is 77.0 Å². The van der Waals surface area contributed by atoms with Gasteiger partial charge in [-0.05, 0) is 12.8 Å². The van der Waals surface area contributed by atoms with E-state index in [9.17, 15) is 4.79 Å². The maximum absolute atomic E-state index is 11.0. The molecule has 156 valence electrons. The number of carbonyl (C=O) groups is 1. The molecule has 0 bridgehead atoms. The lowest BCUT2D eigenvalue weighted by Gasteiger charge is -2.05. The summed E-state index contributed by atoms with van der Waals surface area (Å²) >= 11 is 0. The summed E-state index contributed by atoms with van der Waals surface area (Å²) in [5.41, 5.74) is 0. The van der Waals surface area contributed by atoms with Crippen molar-refractivity contribution in [1.82, 2.24) is 15.0 Å². The Morgan fingerprint density at radius 3 is 1.82 bits per heavy atom. The van der Waals surface area contributed by atoms with Crippen molar-refractivity contribution in [3.63, 3.8) is 0 Å². The lowest BCUT2D eigenvalue weighted by Crippen LogP contribution is -2.04. The molecule has 0 aromatic carbocycles. The molecular formula is C20H32N4O4. The zero-order chi connectivity index (χ0) is 20.5. The summed E-state index contributed by atoms with van der Waals surface area (Å²) in [6.45, 7) is 0.430. The Hall–Kier alpha value is -2.43. The van der Waals surface area contributed by atoms with Crippen LogP contribution in [0.2, 0.25) is 0 Å². The zero-order valence-electron chi connectivity index (χ0n) is 17.1. The Balaban J connectivity index is 1.93. The number of carbonyl (C=O) groups excluding carboxylic acids is 1. The minimum absolute atomic E-state index is 0.155. The summed E-state index contributed by atoms with van der Waals surface area (Å²) in [4.78, 5) is 23.5. The zero-order valence-corrected chi connectivity index (χ0v) is 17.1. The molecule has 0 spiro atoms. The molecule has 1 rings (SSSR count). The Morgan fingerprint density at radius 1 is 0.821 bits per heavy atom. The minimum Gasteiger partial charge on any atom is -0.467 e. The second-order valence-corrected chi connectivity index (χ2v) is 6.57. The van der Waals surface area contributed by atoms with Crippen molar-refractivity contribution < 1.29 is 19.0 Å². The van der Waals surface area contributed by atoms with Crippen molar-refractivity contribution in [2.75, 3.05) is 20.8 Å². The van der Waals surface area contributed by atoms with E-state index in [0.29, 0.717) is 24.5 Å². The third kappa shape index (κ3) is 11.3. The lowest BCUT2D eigenvalue weighted by atomic mass is 10.1. The summed E-state index contributed by atoms with van der Waals surface area (Å²) in [5.74, 6) is 0.290. The van der Waals surface area contributed by atoms with Crippen molar-refractivity contribution in [1.29, 1.82) is 5.26 Å². The largest absolute Gasteiger partial charge is 0.467 e. The van der Waals surface area contributed by atoms with Crippen LogP contribution in [0.25, 0.3) is 0 Å². The first-order chi connectivity index (χ1) is 13.7. The van der Waals surface area contributed by atoms with E-state index in [2.05, 4.69) is 15.0 Å². The minimum atomic E-state index is -0.420. The van der Waals surface area contributed by atoms with Gasteiger partial charge in [-0.1, -0.05) is 51.4 Å². The summed E-state index contributed by atoms with van der Waals surface area (Å²) < 4.78 is 15.0. The van der Waals surface area contributed by atoms with Crippen LogP contribution in [0.1, 0.15) is 76.5 Å². The molecule has 0 amide bonds. The number of nitrogens with zero attached hydrogens (tertiary/aromatic N) is 4. The van der Waals surface area contributed by atoms with Gasteiger partial charge in [0, 0.05) is 6.42 Å². The van der Waals surface area contributed by atoms with E-state index in [1.54, 1.807) is 6.07 Å². The number of methoxy groups -OCH3 is 2. The van der Waals surface area contributed by atoms with Crippen LogP contribution >= 0.6 is 0 Å². The molecule has 0 fully saturated rings. The summed E-state index contributed by atoms with van der Waals surface area (Å²) in [6, 6.07) is 2.37. The fourth-order valence-corrected chi connectivity index (χ4v) is 2.77. The molecule has 0 aliphatic heterocycles. The highest BCUT2D eigenvalue weighted by Gasteiger charge is 2.06. The standard InChI is InChI=1S/C20H32N4O4/c1-26-19-22-17(23-20(24-19)27-2)13-11-9-7-5-3-4-6-8-10-12-16-28-18(25)14-15-21/h3-14,16H2,1-2H3.